The van der Waals surface area contributed by atoms with Crippen molar-refractivity contribution in [3.63, 3.8) is 0 Å². The molecule has 0 unspecified atom stereocenters. The van der Waals surface area contributed by atoms with E-state index < -0.39 is 0 Å². The van der Waals surface area contributed by atoms with E-state index in [0.29, 0.717) is 5.92 Å². The number of hydrogen-bond donors (Lipinski definition) is 2. The number of rotatable bonds is 3. The van der Waals surface area contributed by atoms with Crippen molar-refractivity contribution in [3.8, 4) is 5.75 Å². The van der Waals surface area contributed by atoms with E-state index in [9.17, 15) is 5.11 Å². The Kier molecular flexibility index (Phi) is 3.23. The van der Waals surface area contributed by atoms with Gasteiger partial charge in [-0.3, -0.25) is 0 Å². The minimum atomic E-state index is 0.168. The normalized spacial score (nSPS) is 25.5. The topological polar surface area (TPSA) is 41.5 Å². The fourth-order valence-electron chi connectivity index (χ4n) is 2.30. The zero-order valence-corrected chi connectivity index (χ0v) is 8.94. The predicted octanol–water partition coefficient (Wildman–Crippen LogP) is 1.13. The second kappa shape index (κ2) is 4.64. The van der Waals surface area contributed by atoms with Gasteiger partial charge in [0.15, 0.2) is 0 Å². The molecule has 1 aliphatic rings. The molecule has 0 bridgehead atoms. The summed E-state index contributed by atoms with van der Waals surface area (Å²) in [4.78, 5) is 0. The lowest BCUT2D eigenvalue weighted by atomic mass is 9.91. The zero-order chi connectivity index (χ0) is 10.7. The van der Waals surface area contributed by atoms with Gasteiger partial charge < -0.3 is 15.2 Å². The molecule has 0 spiro atoms. The van der Waals surface area contributed by atoms with E-state index in [-0.39, 0.29) is 12.6 Å². The number of aliphatic hydroxyl groups is 1. The summed E-state index contributed by atoms with van der Waals surface area (Å²) in [6.07, 6.45) is 1.06. The largest absolute Gasteiger partial charge is 0.496 e. The molecule has 0 amide bonds. The molecule has 1 aliphatic heterocycles. The molecule has 1 aromatic carbocycles. The van der Waals surface area contributed by atoms with Crippen molar-refractivity contribution >= 4 is 0 Å². The number of aliphatic hydroxyl groups excluding tert-OH is 1. The highest BCUT2D eigenvalue weighted by Gasteiger charge is 2.29. The van der Waals surface area contributed by atoms with Crippen LogP contribution in [0.1, 0.15) is 17.9 Å². The third-order valence-corrected chi connectivity index (χ3v) is 3.08. The second-order valence-corrected chi connectivity index (χ2v) is 3.88. The maximum absolute atomic E-state index is 9.26. The van der Waals surface area contributed by atoms with Gasteiger partial charge in [-0.25, -0.2) is 0 Å². The monoisotopic (exact) mass is 207 g/mol. The van der Waals surface area contributed by atoms with Crippen molar-refractivity contribution in [2.24, 2.45) is 0 Å². The van der Waals surface area contributed by atoms with E-state index >= 15 is 0 Å². The van der Waals surface area contributed by atoms with Crippen molar-refractivity contribution in [3.05, 3.63) is 29.8 Å². The molecule has 2 atom stereocenters. The third-order valence-electron chi connectivity index (χ3n) is 3.08. The fourth-order valence-corrected chi connectivity index (χ4v) is 2.30. The van der Waals surface area contributed by atoms with Crippen molar-refractivity contribution in [2.45, 2.75) is 18.4 Å². The molecule has 1 fully saturated rings. The molecule has 0 saturated carbocycles. The Bertz CT molecular complexity index is 327. The van der Waals surface area contributed by atoms with Gasteiger partial charge in [0, 0.05) is 12.0 Å². The lowest BCUT2D eigenvalue weighted by molar-refractivity contribution is 0.244. The average Bonchev–Trinajstić information content (AvgIpc) is 2.76. The lowest BCUT2D eigenvalue weighted by Gasteiger charge is -2.19. The van der Waals surface area contributed by atoms with Crippen molar-refractivity contribution in [2.75, 3.05) is 20.3 Å². The number of ether oxygens (including phenoxy) is 1. The summed E-state index contributed by atoms with van der Waals surface area (Å²) in [6.45, 7) is 1.15. The summed E-state index contributed by atoms with van der Waals surface area (Å²) in [5, 5.41) is 12.6. The summed E-state index contributed by atoms with van der Waals surface area (Å²) >= 11 is 0. The molecule has 1 heterocycles. The first-order valence-electron chi connectivity index (χ1n) is 5.34. The molecule has 3 nitrogen and oxygen atoms in total. The van der Waals surface area contributed by atoms with Gasteiger partial charge in [-0.1, -0.05) is 18.2 Å². The first kappa shape index (κ1) is 10.5. The van der Waals surface area contributed by atoms with Crippen LogP contribution < -0.4 is 10.1 Å². The molecule has 0 radical (unpaired) electrons. The summed E-state index contributed by atoms with van der Waals surface area (Å²) in [7, 11) is 1.69. The standard InChI is InChI=1S/C12H17NO2/c1-15-12-5-3-2-4-10(12)9-6-7-13-11(9)8-14/h2-5,9,11,13-14H,6-8H2,1H3/t9-,11-/m1/s1. The maximum atomic E-state index is 9.26. The van der Waals surface area contributed by atoms with E-state index in [1.54, 1.807) is 7.11 Å². The van der Waals surface area contributed by atoms with Crippen molar-refractivity contribution in [1.29, 1.82) is 0 Å². The molecule has 0 aliphatic carbocycles. The molecule has 2 rings (SSSR count). The first-order valence-corrected chi connectivity index (χ1v) is 5.34. The molecular formula is C12H17NO2. The van der Waals surface area contributed by atoms with Crippen LogP contribution in [0.2, 0.25) is 0 Å². The molecular weight excluding hydrogens is 190 g/mol. The van der Waals surface area contributed by atoms with Crippen LogP contribution in [0.3, 0.4) is 0 Å². The van der Waals surface area contributed by atoms with Gasteiger partial charge in [-0.15, -0.1) is 0 Å². The molecule has 82 valence electrons. The summed E-state index contributed by atoms with van der Waals surface area (Å²) < 4.78 is 5.34. The van der Waals surface area contributed by atoms with E-state index in [1.165, 1.54) is 5.56 Å². The maximum Gasteiger partial charge on any atom is 0.122 e. The number of nitrogens with one attached hydrogen (secondary N) is 1. The number of para-hydroxylation sites is 1. The Hall–Kier alpha value is -1.06. The number of benzene rings is 1. The first-order chi connectivity index (χ1) is 7.36. The predicted molar refractivity (Wildman–Crippen MR) is 59.2 cm³/mol. The molecule has 1 saturated heterocycles. The third kappa shape index (κ3) is 1.98. The van der Waals surface area contributed by atoms with Gasteiger partial charge in [-0.2, -0.15) is 0 Å². The van der Waals surface area contributed by atoms with Gasteiger partial charge in [0.25, 0.3) is 0 Å². The Morgan fingerprint density at radius 3 is 3.00 bits per heavy atom. The van der Waals surface area contributed by atoms with Gasteiger partial charge in [-0.05, 0) is 24.6 Å². The number of methoxy groups -OCH3 is 1. The summed E-state index contributed by atoms with van der Waals surface area (Å²) in [6, 6.07) is 8.21. The molecule has 15 heavy (non-hydrogen) atoms. The molecule has 3 heteroatoms. The fraction of sp³-hybridized carbons (Fsp3) is 0.500. The zero-order valence-electron chi connectivity index (χ0n) is 8.94. The van der Waals surface area contributed by atoms with Crippen LogP contribution in [-0.4, -0.2) is 31.4 Å². The second-order valence-electron chi connectivity index (χ2n) is 3.88. The van der Waals surface area contributed by atoms with E-state index in [2.05, 4.69) is 11.4 Å². The summed E-state index contributed by atoms with van der Waals surface area (Å²) in [5.41, 5.74) is 1.20. The van der Waals surface area contributed by atoms with Crippen LogP contribution in [0.25, 0.3) is 0 Å². The van der Waals surface area contributed by atoms with E-state index in [1.807, 2.05) is 18.2 Å². The highest BCUT2D eigenvalue weighted by atomic mass is 16.5. The van der Waals surface area contributed by atoms with Crippen LogP contribution in [0.15, 0.2) is 24.3 Å². The Labute approximate surface area is 90.1 Å². The Morgan fingerprint density at radius 1 is 1.47 bits per heavy atom. The van der Waals surface area contributed by atoms with Gasteiger partial charge in [0.2, 0.25) is 0 Å². The molecule has 1 aromatic rings. The van der Waals surface area contributed by atoms with Gasteiger partial charge >= 0.3 is 0 Å². The van der Waals surface area contributed by atoms with Crippen LogP contribution in [0.5, 0.6) is 5.75 Å². The molecule has 0 aromatic heterocycles. The van der Waals surface area contributed by atoms with Crippen molar-refractivity contribution in [1.82, 2.24) is 5.32 Å². The van der Waals surface area contributed by atoms with Crippen LogP contribution in [-0.2, 0) is 0 Å². The Balaban J connectivity index is 2.27. The highest BCUT2D eigenvalue weighted by Crippen LogP contribution is 2.33. The Morgan fingerprint density at radius 2 is 2.27 bits per heavy atom. The lowest BCUT2D eigenvalue weighted by Crippen LogP contribution is -2.29. The minimum Gasteiger partial charge on any atom is -0.496 e. The van der Waals surface area contributed by atoms with Crippen LogP contribution in [0, 0.1) is 0 Å². The minimum absolute atomic E-state index is 0.168. The van der Waals surface area contributed by atoms with Crippen LogP contribution >= 0.6 is 0 Å². The van der Waals surface area contributed by atoms with E-state index in [4.69, 9.17) is 4.74 Å². The highest BCUT2D eigenvalue weighted by molar-refractivity contribution is 5.37. The smallest absolute Gasteiger partial charge is 0.122 e. The number of hydrogen-bond acceptors (Lipinski definition) is 3. The van der Waals surface area contributed by atoms with Crippen LogP contribution in [0.4, 0.5) is 0 Å². The molecule has 2 N–H and O–H groups in total. The van der Waals surface area contributed by atoms with Gasteiger partial charge in [0.1, 0.15) is 5.75 Å². The van der Waals surface area contributed by atoms with Crippen molar-refractivity contribution < 1.29 is 9.84 Å². The average molecular weight is 207 g/mol. The quantitative estimate of drug-likeness (QED) is 0.780. The summed E-state index contributed by atoms with van der Waals surface area (Å²) in [5.74, 6) is 1.29. The van der Waals surface area contributed by atoms with Gasteiger partial charge in [0.05, 0.1) is 13.7 Å². The SMILES string of the molecule is COc1ccccc1[C@H]1CCN[C@@H]1CO. The van der Waals surface area contributed by atoms with E-state index in [0.717, 1.165) is 18.7 Å².